The number of hydrogen-bond donors (Lipinski definition) is 1. The first-order chi connectivity index (χ1) is 12.6. The third-order valence-corrected chi connectivity index (χ3v) is 4.86. The minimum Gasteiger partial charge on any atom is -0.481 e. The smallest absolute Gasteiger partial charge is 0.261 e. The first-order valence-corrected chi connectivity index (χ1v) is 9.42. The summed E-state index contributed by atoms with van der Waals surface area (Å²) in [6, 6.07) is 16.2. The molecule has 0 aromatic heterocycles. The van der Waals surface area contributed by atoms with E-state index in [1.807, 2.05) is 31.2 Å². The number of likely N-dealkylation sites (tertiary alicyclic amines) is 1. The SMILES string of the molecule is Cc1ccccc1O[C@@H](C)C(=O)NCc1ccc(CN2CCCC2)cc1. The Morgan fingerprint density at radius 1 is 1.08 bits per heavy atom. The number of aryl methyl sites for hydroxylation is 1. The van der Waals surface area contributed by atoms with E-state index in [0.717, 1.165) is 23.4 Å². The Morgan fingerprint density at radius 3 is 2.42 bits per heavy atom. The molecule has 0 bridgehead atoms. The van der Waals surface area contributed by atoms with Crippen molar-refractivity contribution in [3.8, 4) is 5.75 Å². The van der Waals surface area contributed by atoms with Gasteiger partial charge in [0.1, 0.15) is 5.75 Å². The van der Waals surface area contributed by atoms with Crippen LogP contribution in [0.5, 0.6) is 5.75 Å². The summed E-state index contributed by atoms with van der Waals surface area (Å²) < 4.78 is 5.77. The van der Waals surface area contributed by atoms with Crippen molar-refractivity contribution in [1.29, 1.82) is 0 Å². The monoisotopic (exact) mass is 352 g/mol. The molecule has 0 radical (unpaired) electrons. The Balaban J connectivity index is 1.46. The van der Waals surface area contributed by atoms with Gasteiger partial charge in [0, 0.05) is 13.1 Å². The molecule has 0 aliphatic carbocycles. The molecule has 4 nitrogen and oxygen atoms in total. The van der Waals surface area contributed by atoms with Gasteiger partial charge in [-0.3, -0.25) is 9.69 Å². The van der Waals surface area contributed by atoms with Crippen LogP contribution in [0.4, 0.5) is 0 Å². The van der Waals surface area contributed by atoms with Crippen LogP contribution < -0.4 is 10.1 Å². The van der Waals surface area contributed by atoms with E-state index in [1.165, 1.54) is 31.5 Å². The van der Waals surface area contributed by atoms with Crippen molar-refractivity contribution in [2.45, 2.75) is 45.9 Å². The summed E-state index contributed by atoms with van der Waals surface area (Å²) in [7, 11) is 0. The van der Waals surface area contributed by atoms with Gasteiger partial charge in [0.2, 0.25) is 0 Å². The quantitative estimate of drug-likeness (QED) is 0.827. The normalized spacial score (nSPS) is 15.6. The number of para-hydroxylation sites is 1. The van der Waals surface area contributed by atoms with E-state index in [0.29, 0.717) is 6.54 Å². The van der Waals surface area contributed by atoms with Gasteiger partial charge in [-0.25, -0.2) is 0 Å². The number of benzene rings is 2. The summed E-state index contributed by atoms with van der Waals surface area (Å²) in [5.74, 6) is 0.649. The lowest BCUT2D eigenvalue weighted by molar-refractivity contribution is -0.127. The minimum atomic E-state index is -0.523. The number of carbonyl (C=O) groups excluding carboxylic acids is 1. The van der Waals surface area contributed by atoms with Gasteiger partial charge in [0.25, 0.3) is 5.91 Å². The molecule has 2 aromatic carbocycles. The maximum Gasteiger partial charge on any atom is 0.261 e. The van der Waals surface area contributed by atoms with E-state index < -0.39 is 6.10 Å². The summed E-state index contributed by atoms with van der Waals surface area (Å²) in [5.41, 5.74) is 3.46. The van der Waals surface area contributed by atoms with Crippen LogP contribution in [-0.2, 0) is 17.9 Å². The Labute approximate surface area is 156 Å². The van der Waals surface area contributed by atoms with Crippen LogP contribution in [-0.4, -0.2) is 30.0 Å². The van der Waals surface area contributed by atoms with Gasteiger partial charge >= 0.3 is 0 Å². The number of hydrogen-bond acceptors (Lipinski definition) is 3. The molecule has 1 N–H and O–H groups in total. The highest BCUT2D eigenvalue weighted by Gasteiger charge is 2.15. The van der Waals surface area contributed by atoms with E-state index in [9.17, 15) is 4.79 Å². The fraction of sp³-hybridized carbons (Fsp3) is 0.409. The van der Waals surface area contributed by atoms with Crippen LogP contribution >= 0.6 is 0 Å². The van der Waals surface area contributed by atoms with E-state index in [4.69, 9.17) is 4.74 Å². The van der Waals surface area contributed by atoms with E-state index in [-0.39, 0.29) is 5.91 Å². The topological polar surface area (TPSA) is 41.6 Å². The van der Waals surface area contributed by atoms with Crippen molar-refractivity contribution < 1.29 is 9.53 Å². The molecular formula is C22H28N2O2. The molecule has 26 heavy (non-hydrogen) atoms. The van der Waals surface area contributed by atoms with Crippen LogP contribution in [0.3, 0.4) is 0 Å². The highest BCUT2D eigenvalue weighted by molar-refractivity contribution is 5.80. The second kappa shape index (κ2) is 8.86. The maximum atomic E-state index is 12.3. The third kappa shape index (κ3) is 5.09. The number of amides is 1. The van der Waals surface area contributed by atoms with Gasteiger partial charge in [-0.2, -0.15) is 0 Å². The summed E-state index contributed by atoms with van der Waals surface area (Å²) >= 11 is 0. The van der Waals surface area contributed by atoms with Crippen molar-refractivity contribution in [2.24, 2.45) is 0 Å². The Kier molecular flexibility index (Phi) is 6.29. The third-order valence-electron chi connectivity index (χ3n) is 4.86. The second-order valence-corrected chi connectivity index (χ2v) is 7.04. The van der Waals surface area contributed by atoms with Gasteiger partial charge < -0.3 is 10.1 Å². The highest BCUT2D eigenvalue weighted by atomic mass is 16.5. The molecule has 1 atom stereocenters. The predicted molar refractivity (Wildman–Crippen MR) is 104 cm³/mol. The maximum absolute atomic E-state index is 12.3. The molecule has 1 aliphatic rings. The molecule has 4 heteroatoms. The average molecular weight is 352 g/mol. The standard InChI is InChI=1S/C22H28N2O2/c1-17-7-3-4-8-21(17)26-18(2)22(25)23-15-19-9-11-20(12-10-19)16-24-13-5-6-14-24/h3-4,7-12,18H,5-6,13-16H2,1-2H3,(H,23,25)/t18-/m0/s1. The Morgan fingerprint density at radius 2 is 1.73 bits per heavy atom. The molecule has 1 aliphatic heterocycles. The van der Waals surface area contributed by atoms with E-state index >= 15 is 0 Å². The van der Waals surface area contributed by atoms with Crippen LogP contribution in [0.1, 0.15) is 36.5 Å². The summed E-state index contributed by atoms with van der Waals surface area (Å²) in [4.78, 5) is 14.8. The Hall–Kier alpha value is -2.33. The van der Waals surface area contributed by atoms with Crippen LogP contribution in [0, 0.1) is 6.92 Å². The van der Waals surface area contributed by atoms with Crippen LogP contribution in [0.2, 0.25) is 0 Å². The molecule has 2 aromatic rings. The Bertz CT molecular complexity index is 721. The number of nitrogens with one attached hydrogen (secondary N) is 1. The first-order valence-electron chi connectivity index (χ1n) is 9.42. The van der Waals surface area contributed by atoms with Crippen molar-refractivity contribution in [2.75, 3.05) is 13.1 Å². The molecule has 0 unspecified atom stereocenters. The van der Waals surface area contributed by atoms with Crippen LogP contribution in [0.15, 0.2) is 48.5 Å². The van der Waals surface area contributed by atoms with Gasteiger partial charge in [-0.1, -0.05) is 42.5 Å². The summed E-state index contributed by atoms with van der Waals surface area (Å²) in [6.07, 6.45) is 2.10. The minimum absolute atomic E-state index is 0.102. The number of carbonyl (C=O) groups is 1. The molecule has 1 fully saturated rings. The zero-order chi connectivity index (χ0) is 18.4. The molecule has 138 valence electrons. The average Bonchev–Trinajstić information content (AvgIpc) is 3.16. The second-order valence-electron chi connectivity index (χ2n) is 7.04. The number of ether oxygens (including phenoxy) is 1. The fourth-order valence-electron chi connectivity index (χ4n) is 3.23. The van der Waals surface area contributed by atoms with Crippen molar-refractivity contribution >= 4 is 5.91 Å². The van der Waals surface area contributed by atoms with Gasteiger partial charge in [0.15, 0.2) is 6.10 Å². The summed E-state index contributed by atoms with van der Waals surface area (Å²) in [5, 5.41) is 2.96. The zero-order valence-electron chi connectivity index (χ0n) is 15.7. The highest BCUT2D eigenvalue weighted by Crippen LogP contribution is 2.18. The molecule has 1 heterocycles. The summed E-state index contributed by atoms with van der Waals surface area (Å²) in [6.45, 7) is 7.70. The molecule has 0 saturated carbocycles. The molecular weight excluding hydrogens is 324 g/mol. The lowest BCUT2D eigenvalue weighted by Gasteiger charge is -2.17. The first kappa shape index (κ1) is 18.5. The lowest BCUT2D eigenvalue weighted by Crippen LogP contribution is -2.36. The van der Waals surface area contributed by atoms with Crippen LogP contribution in [0.25, 0.3) is 0 Å². The predicted octanol–water partition coefficient (Wildman–Crippen LogP) is 3.67. The van der Waals surface area contributed by atoms with E-state index in [2.05, 4.69) is 34.5 Å². The van der Waals surface area contributed by atoms with Crippen molar-refractivity contribution in [3.63, 3.8) is 0 Å². The molecule has 1 saturated heterocycles. The largest absolute Gasteiger partial charge is 0.481 e. The zero-order valence-corrected chi connectivity index (χ0v) is 15.7. The van der Waals surface area contributed by atoms with Crippen molar-refractivity contribution in [3.05, 3.63) is 65.2 Å². The van der Waals surface area contributed by atoms with Crippen molar-refractivity contribution in [1.82, 2.24) is 10.2 Å². The lowest BCUT2D eigenvalue weighted by atomic mass is 10.1. The number of rotatable bonds is 7. The van der Waals surface area contributed by atoms with Gasteiger partial charge in [-0.15, -0.1) is 0 Å². The molecule has 0 spiro atoms. The van der Waals surface area contributed by atoms with Gasteiger partial charge in [-0.05, 0) is 62.5 Å². The molecule has 1 amide bonds. The fourth-order valence-corrected chi connectivity index (χ4v) is 3.23. The van der Waals surface area contributed by atoms with Gasteiger partial charge in [0.05, 0.1) is 0 Å². The van der Waals surface area contributed by atoms with E-state index in [1.54, 1.807) is 6.92 Å². The molecule has 3 rings (SSSR count). The number of nitrogens with zero attached hydrogens (tertiary/aromatic N) is 1.